The molecular weight excluding hydrogens is 432 g/mol. The van der Waals surface area contributed by atoms with E-state index < -0.39 is 0 Å². The third-order valence-electron chi connectivity index (χ3n) is 6.46. The highest BCUT2D eigenvalue weighted by molar-refractivity contribution is 6.36. The number of hydrogen-bond acceptors (Lipinski definition) is 6. The van der Waals surface area contributed by atoms with Crippen molar-refractivity contribution < 1.29 is 19.1 Å². The van der Waals surface area contributed by atoms with Gasteiger partial charge in [0.2, 0.25) is 0 Å². The predicted molar refractivity (Wildman–Crippen MR) is 127 cm³/mol. The third kappa shape index (κ3) is 4.95. The van der Waals surface area contributed by atoms with E-state index in [1.807, 2.05) is 60.7 Å². The Kier molecular flexibility index (Phi) is 6.56. The maximum atomic E-state index is 12.8. The molecule has 1 saturated carbocycles. The molecule has 2 aliphatic heterocycles. The molecule has 4 atom stereocenters. The van der Waals surface area contributed by atoms with Gasteiger partial charge in [-0.1, -0.05) is 73.5 Å². The van der Waals surface area contributed by atoms with E-state index in [-0.39, 0.29) is 47.8 Å². The molecule has 5 rings (SSSR count). The van der Waals surface area contributed by atoms with Gasteiger partial charge in [-0.05, 0) is 24.0 Å². The summed E-state index contributed by atoms with van der Waals surface area (Å²) in [5.74, 6) is -0.497. The van der Waals surface area contributed by atoms with Crippen molar-refractivity contribution in [1.29, 1.82) is 0 Å². The van der Waals surface area contributed by atoms with Crippen molar-refractivity contribution in [2.24, 2.45) is 9.98 Å². The molecule has 0 radical (unpaired) electrons. The smallest absolute Gasteiger partial charge is 0.306 e. The molecule has 3 aliphatic rings. The Hall–Kier alpha value is -3.68. The molecule has 0 unspecified atom stereocenters. The average molecular weight is 461 g/mol. The van der Waals surface area contributed by atoms with Crippen LogP contribution in [0, 0.1) is 0 Å². The average Bonchev–Trinajstić information content (AvgIpc) is 3.57. The Morgan fingerprint density at radius 3 is 1.50 bits per heavy atom. The number of aliphatic imine (C=N–C) groups is 2. The van der Waals surface area contributed by atoms with Crippen molar-refractivity contribution in [2.45, 2.75) is 49.9 Å². The second kappa shape index (κ2) is 10.1. The highest BCUT2D eigenvalue weighted by Crippen LogP contribution is 2.25. The summed E-state index contributed by atoms with van der Waals surface area (Å²) in [6.45, 7) is 0.689. The standard InChI is InChI=1S/C26H28N4O4/c31-23(25-29-21(15-33-25)17-9-3-1-4-10-17)27-19-13-7-8-14-20(19)28-24(32)26-30-22(16-34-26)18-11-5-2-6-12-18/h1-6,9-12,19-22H,7-8,13-16H2,(H,27,31)(H,28,32)/t19-,20-,21-,22-/m1/s1. The maximum absolute atomic E-state index is 12.8. The monoisotopic (exact) mass is 460 g/mol. The largest absolute Gasteiger partial charge is 0.471 e. The van der Waals surface area contributed by atoms with Gasteiger partial charge in [0.05, 0.1) is 0 Å². The Labute approximate surface area is 198 Å². The van der Waals surface area contributed by atoms with Crippen LogP contribution in [-0.2, 0) is 19.1 Å². The van der Waals surface area contributed by atoms with Gasteiger partial charge in [-0.2, -0.15) is 0 Å². The van der Waals surface area contributed by atoms with E-state index in [0.29, 0.717) is 13.2 Å². The first-order chi connectivity index (χ1) is 16.7. The third-order valence-corrected chi connectivity index (χ3v) is 6.46. The van der Waals surface area contributed by atoms with Gasteiger partial charge in [0.15, 0.2) is 0 Å². The van der Waals surface area contributed by atoms with Crippen LogP contribution < -0.4 is 10.6 Å². The number of amides is 2. The van der Waals surface area contributed by atoms with Crippen LogP contribution in [0.2, 0.25) is 0 Å². The van der Waals surface area contributed by atoms with Gasteiger partial charge < -0.3 is 20.1 Å². The first-order valence-corrected chi connectivity index (χ1v) is 11.8. The number of benzene rings is 2. The lowest BCUT2D eigenvalue weighted by atomic mass is 9.90. The van der Waals surface area contributed by atoms with Crippen LogP contribution in [0.5, 0.6) is 0 Å². The van der Waals surface area contributed by atoms with Gasteiger partial charge in [-0.15, -0.1) is 0 Å². The fraction of sp³-hybridized carbons (Fsp3) is 0.385. The number of nitrogens with zero attached hydrogens (tertiary/aromatic N) is 2. The molecule has 1 fully saturated rings. The van der Waals surface area contributed by atoms with Gasteiger partial charge in [-0.3, -0.25) is 9.59 Å². The molecule has 0 bridgehead atoms. The molecule has 1 aliphatic carbocycles. The SMILES string of the molecule is O=C(N[C@@H]1CCCC[C@H]1NC(=O)C1=N[C@@H](c2ccccc2)CO1)C1=N[C@@H](c2ccccc2)CO1. The second-order valence-electron chi connectivity index (χ2n) is 8.79. The number of ether oxygens (including phenoxy) is 2. The van der Waals surface area contributed by atoms with E-state index in [1.165, 1.54) is 0 Å². The molecule has 8 nitrogen and oxygen atoms in total. The van der Waals surface area contributed by atoms with Crippen LogP contribution in [0.25, 0.3) is 0 Å². The summed E-state index contributed by atoms with van der Waals surface area (Å²) in [5, 5.41) is 6.05. The van der Waals surface area contributed by atoms with Crippen molar-refractivity contribution in [3.05, 3.63) is 71.8 Å². The zero-order valence-corrected chi connectivity index (χ0v) is 18.9. The van der Waals surface area contributed by atoms with Crippen LogP contribution in [-0.4, -0.2) is 48.9 Å². The fourth-order valence-corrected chi connectivity index (χ4v) is 4.62. The predicted octanol–water partition coefficient (Wildman–Crippen LogP) is 2.87. The zero-order valence-electron chi connectivity index (χ0n) is 18.9. The maximum Gasteiger partial charge on any atom is 0.306 e. The molecule has 2 N–H and O–H groups in total. The molecule has 34 heavy (non-hydrogen) atoms. The fourth-order valence-electron chi connectivity index (χ4n) is 4.62. The molecule has 0 saturated heterocycles. The van der Waals surface area contributed by atoms with E-state index in [2.05, 4.69) is 20.6 Å². The highest BCUT2D eigenvalue weighted by atomic mass is 16.5. The van der Waals surface area contributed by atoms with E-state index in [4.69, 9.17) is 9.47 Å². The van der Waals surface area contributed by atoms with Crippen molar-refractivity contribution in [3.8, 4) is 0 Å². The molecule has 0 aromatic heterocycles. The molecular formula is C26H28N4O4. The minimum Gasteiger partial charge on any atom is -0.471 e. The van der Waals surface area contributed by atoms with Crippen molar-refractivity contribution in [3.63, 3.8) is 0 Å². The topological polar surface area (TPSA) is 101 Å². The molecule has 2 aromatic rings. The number of carbonyl (C=O) groups excluding carboxylic acids is 2. The summed E-state index contributed by atoms with van der Waals surface area (Å²) in [5.41, 5.74) is 2.03. The molecule has 176 valence electrons. The first-order valence-electron chi connectivity index (χ1n) is 11.8. The number of carbonyl (C=O) groups is 2. The van der Waals surface area contributed by atoms with Crippen molar-refractivity contribution >= 4 is 23.6 Å². The van der Waals surface area contributed by atoms with E-state index in [9.17, 15) is 9.59 Å². The van der Waals surface area contributed by atoms with E-state index in [1.54, 1.807) is 0 Å². The summed E-state index contributed by atoms with van der Waals surface area (Å²) in [6, 6.07) is 18.8. The lowest BCUT2D eigenvalue weighted by Gasteiger charge is -2.32. The summed E-state index contributed by atoms with van der Waals surface area (Å²) >= 11 is 0. The molecule has 2 heterocycles. The number of nitrogens with one attached hydrogen (secondary N) is 2. The Morgan fingerprint density at radius 1 is 0.676 bits per heavy atom. The van der Waals surface area contributed by atoms with Gasteiger partial charge in [0, 0.05) is 12.1 Å². The van der Waals surface area contributed by atoms with E-state index >= 15 is 0 Å². The van der Waals surface area contributed by atoms with Crippen molar-refractivity contribution in [1.82, 2.24) is 10.6 Å². The summed E-state index contributed by atoms with van der Waals surface area (Å²) in [7, 11) is 0. The Bertz CT molecular complexity index is 999. The molecule has 2 aromatic carbocycles. The highest BCUT2D eigenvalue weighted by Gasteiger charge is 2.34. The van der Waals surface area contributed by atoms with Crippen LogP contribution in [0.3, 0.4) is 0 Å². The quantitative estimate of drug-likeness (QED) is 0.692. The summed E-state index contributed by atoms with van der Waals surface area (Å²) in [4.78, 5) is 34.6. The van der Waals surface area contributed by atoms with Crippen LogP contribution in [0.1, 0.15) is 48.9 Å². The number of rotatable bonds is 6. The van der Waals surface area contributed by atoms with Crippen LogP contribution in [0.4, 0.5) is 0 Å². The van der Waals surface area contributed by atoms with Gasteiger partial charge in [0.25, 0.3) is 11.8 Å². The molecule has 2 amide bonds. The van der Waals surface area contributed by atoms with Crippen LogP contribution in [0.15, 0.2) is 70.6 Å². The lowest BCUT2D eigenvalue weighted by Crippen LogP contribution is -2.55. The van der Waals surface area contributed by atoms with Crippen LogP contribution >= 0.6 is 0 Å². The summed E-state index contributed by atoms with van der Waals surface area (Å²) < 4.78 is 11.2. The normalized spacial score (nSPS) is 26.0. The lowest BCUT2D eigenvalue weighted by molar-refractivity contribution is -0.119. The number of hydrogen-bond donors (Lipinski definition) is 2. The minimum atomic E-state index is -0.344. The minimum absolute atomic E-state index is 0.0960. The van der Waals surface area contributed by atoms with E-state index in [0.717, 1.165) is 36.8 Å². The van der Waals surface area contributed by atoms with Gasteiger partial charge >= 0.3 is 11.8 Å². The first kappa shape index (κ1) is 22.1. The molecule has 8 heteroatoms. The Morgan fingerprint density at radius 2 is 1.09 bits per heavy atom. The summed E-state index contributed by atoms with van der Waals surface area (Å²) in [6.07, 6.45) is 3.49. The van der Waals surface area contributed by atoms with Gasteiger partial charge in [-0.25, -0.2) is 9.98 Å². The van der Waals surface area contributed by atoms with Gasteiger partial charge in [0.1, 0.15) is 25.3 Å². The zero-order chi connectivity index (χ0) is 23.3. The molecule has 0 spiro atoms. The van der Waals surface area contributed by atoms with Crippen molar-refractivity contribution in [2.75, 3.05) is 13.2 Å². The Balaban J connectivity index is 1.20. The second-order valence-corrected chi connectivity index (χ2v) is 8.79.